The van der Waals surface area contributed by atoms with E-state index in [1.807, 2.05) is 19.1 Å². The standard InChI is InChI=1S/C22H22N2O5/c1-12-6-8-16(9-7-12)10-17(11-23)21(26)29-15(4)20(25)19-13(2)18(14(3)24-19)22(27)28-5/h6-10,15,24H,1-5H3/b17-10+/t15-/m1/s1. The molecule has 1 aromatic carbocycles. The molecule has 150 valence electrons. The van der Waals surface area contributed by atoms with Crippen LogP contribution in [0, 0.1) is 32.1 Å². The van der Waals surface area contributed by atoms with Crippen LogP contribution >= 0.6 is 0 Å². The summed E-state index contributed by atoms with van der Waals surface area (Å²) in [6.45, 7) is 6.59. The molecule has 7 heteroatoms. The molecule has 2 aromatic rings. The van der Waals surface area contributed by atoms with E-state index in [-0.39, 0.29) is 16.8 Å². The number of aromatic nitrogens is 1. The fourth-order valence-electron chi connectivity index (χ4n) is 2.85. The van der Waals surface area contributed by atoms with E-state index < -0.39 is 23.8 Å². The Morgan fingerprint density at radius 3 is 2.31 bits per heavy atom. The highest BCUT2D eigenvalue weighted by molar-refractivity contribution is 6.05. The first-order chi connectivity index (χ1) is 13.7. The van der Waals surface area contributed by atoms with Crippen LogP contribution in [-0.4, -0.2) is 35.9 Å². The molecule has 0 amide bonds. The van der Waals surface area contributed by atoms with Crippen LogP contribution in [0.1, 0.15) is 50.2 Å². The van der Waals surface area contributed by atoms with E-state index in [2.05, 4.69) is 4.98 Å². The highest BCUT2D eigenvalue weighted by atomic mass is 16.5. The fraction of sp³-hybridized carbons (Fsp3) is 0.273. The quantitative estimate of drug-likeness (QED) is 0.348. The molecule has 0 aliphatic heterocycles. The number of nitriles is 1. The number of methoxy groups -OCH3 is 1. The van der Waals surface area contributed by atoms with Crippen molar-refractivity contribution in [2.24, 2.45) is 0 Å². The fourth-order valence-corrected chi connectivity index (χ4v) is 2.85. The lowest BCUT2D eigenvalue weighted by Crippen LogP contribution is -2.26. The van der Waals surface area contributed by atoms with Gasteiger partial charge in [0.15, 0.2) is 6.10 Å². The zero-order chi connectivity index (χ0) is 21.7. The number of ketones is 1. The van der Waals surface area contributed by atoms with Gasteiger partial charge in [-0.1, -0.05) is 29.8 Å². The molecule has 1 N–H and O–H groups in total. The number of aryl methyl sites for hydroxylation is 2. The largest absolute Gasteiger partial charge is 0.465 e. The van der Waals surface area contributed by atoms with Gasteiger partial charge in [0.2, 0.25) is 5.78 Å². The van der Waals surface area contributed by atoms with E-state index in [0.717, 1.165) is 5.56 Å². The summed E-state index contributed by atoms with van der Waals surface area (Å²) in [5, 5.41) is 9.29. The molecule has 1 heterocycles. The molecule has 0 spiro atoms. The minimum absolute atomic E-state index is 0.157. The Labute approximate surface area is 168 Å². The molecule has 0 fully saturated rings. The van der Waals surface area contributed by atoms with Crippen LogP contribution in [0.4, 0.5) is 0 Å². The van der Waals surface area contributed by atoms with Crippen LogP contribution in [-0.2, 0) is 14.3 Å². The van der Waals surface area contributed by atoms with Crippen LogP contribution < -0.4 is 0 Å². The van der Waals surface area contributed by atoms with Crippen molar-refractivity contribution >= 4 is 23.8 Å². The summed E-state index contributed by atoms with van der Waals surface area (Å²) in [5.74, 6) is -1.97. The van der Waals surface area contributed by atoms with Gasteiger partial charge < -0.3 is 14.5 Å². The number of aromatic amines is 1. The van der Waals surface area contributed by atoms with Gasteiger partial charge in [-0.05, 0) is 44.9 Å². The molecule has 29 heavy (non-hydrogen) atoms. The third kappa shape index (κ3) is 4.79. The Morgan fingerprint density at radius 1 is 1.14 bits per heavy atom. The van der Waals surface area contributed by atoms with Crippen molar-refractivity contribution in [1.29, 1.82) is 5.26 Å². The Hall–Kier alpha value is -3.66. The summed E-state index contributed by atoms with van der Waals surface area (Å²) >= 11 is 0. The second-order valence-corrected chi connectivity index (χ2v) is 6.61. The van der Waals surface area contributed by atoms with Crippen molar-refractivity contribution in [2.75, 3.05) is 7.11 Å². The van der Waals surface area contributed by atoms with Gasteiger partial charge in [0, 0.05) is 5.69 Å². The van der Waals surface area contributed by atoms with Crippen molar-refractivity contribution in [3.05, 3.63) is 63.5 Å². The summed E-state index contributed by atoms with van der Waals surface area (Å²) in [6.07, 6.45) is 0.248. The van der Waals surface area contributed by atoms with Crippen molar-refractivity contribution in [2.45, 2.75) is 33.8 Å². The van der Waals surface area contributed by atoms with E-state index in [1.165, 1.54) is 20.1 Å². The number of hydrogen-bond donors (Lipinski definition) is 1. The highest BCUT2D eigenvalue weighted by Crippen LogP contribution is 2.21. The Kier molecular flexibility index (Phi) is 6.73. The number of carbonyl (C=O) groups excluding carboxylic acids is 3. The van der Waals surface area contributed by atoms with E-state index in [4.69, 9.17) is 9.47 Å². The van der Waals surface area contributed by atoms with Crippen molar-refractivity contribution in [3.8, 4) is 6.07 Å². The van der Waals surface area contributed by atoms with Crippen LogP contribution in [0.2, 0.25) is 0 Å². The maximum Gasteiger partial charge on any atom is 0.349 e. The molecule has 0 bridgehead atoms. The number of esters is 2. The van der Waals surface area contributed by atoms with Gasteiger partial charge in [-0.2, -0.15) is 5.26 Å². The monoisotopic (exact) mass is 394 g/mol. The summed E-state index contributed by atoms with van der Waals surface area (Å²) in [4.78, 5) is 39.8. The SMILES string of the molecule is COC(=O)c1c(C)[nH]c(C(=O)[C@@H](C)OC(=O)/C(C#N)=C/c2ccc(C)cc2)c1C. The Morgan fingerprint density at radius 2 is 1.76 bits per heavy atom. The van der Waals surface area contributed by atoms with E-state index in [1.54, 1.807) is 32.0 Å². The third-order valence-corrected chi connectivity index (χ3v) is 4.46. The van der Waals surface area contributed by atoms with Gasteiger partial charge in [-0.15, -0.1) is 0 Å². The predicted octanol–water partition coefficient (Wildman–Crippen LogP) is 3.45. The number of nitrogens with one attached hydrogen (secondary N) is 1. The van der Waals surface area contributed by atoms with Crippen LogP contribution in [0.15, 0.2) is 29.8 Å². The van der Waals surface area contributed by atoms with Gasteiger partial charge in [0.1, 0.15) is 11.6 Å². The van der Waals surface area contributed by atoms with E-state index >= 15 is 0 Å². The minimum atomic E-state index is -1.15. The highest BCUT2D eigenvalue weighted by Gasteiger charge is 2.28. The van der Waals surface area contributed by atoms with Gasteiger partial charge in [-0.3, -0.25) is 4.79 Å². The lowest BCUT2D eigenvalue weighted by atomic mass is 10.1. The summed E-state index contributed by atoms with van der Waals surface area (Å²) in [7, 11) is 1.25. The Bertz CT molecular complexity index is 1020. The zero-order valence-corrected chi connectivity index (χ0v) is 17.0. The molecule has 0 radical (unpaired) electrons. The molecular formula is C22H22N2O5. The lowest BCUT2D eigenvalue weighted by Gasteiger charge is -2.12. The number of benzene rings is 1. The average Bonchev–Trinajstić information content (AvgIpc) is 3.00. The maximum atomic E-state index is 12.7. The van der Waals surface area contributed by atoms with Gasteiger partial charge in [0.25, 0.3) is 0 Å². The number of ether oxygens (including phenoxy) is 2. The lowest BCUT2D eigenvalue weighted by molar-refractivity contribution is -0.141. The molecule has 7 nitrogen and oxygen atoms in total. The van der Waals surface area contributed by atoms with E-state index in [0.29, 0.717) is 16.8 Å². The topological polar surface area (TPSA) is 109 Å². The average molecular weight is 394 g/mol. The van der Waals surface area contributed by atoms with Crippen molar-refractivity contribution < 1.29 is 23.9 Å². The molecule has 2 rings (SSSR count). The third-order valence-electron chi connectivity index (χ3n) is 4.46. The molecule has 0 aliphatic carbocycles. The zero-order valence-electron chi connectivity index (χ0n) is 17.0. The molecule has 0 unspecified atom stereocenters. The smallest absolute Gasteiger partial charge is 0.349 e. The number of carbonyl (C=O) groups is 3. The molecule has 1 aromatic heterocycles. The predicted molar refractivity (Wildman–Crippen MR) is 106 cm³/mol. The summed E-state index contributed by atoms with van der Waals surface area (Å²) in [6, 6.07) is 9.06. The minimum Gasteiger partial charge on any atom is -0.465 e. The second kappa shape index (κ2) is 9.02. The normalized spacial score (nSPS) is 12.1. The number of H-pyrrole nitrogens is 1. The van der Waals surface area contributed by atoms with Crippen molar-refractivity contribution in [1.82, 2.24) is 4.98 Å². The maximum absolute atomic E-state index is 12.7. The van der Waals surface area contributed by atoms with Gasteiger partial charge in [-0.25, -0.2) is 9.59 Å². The van der Waals surface area contributed by atoms with Gasteiger partial charge >= 0.3 is 11.9 Å². The van der Waals surface area contributed by atoms with Crippen LogP contribution in [0.25, 0.3) is 6.08 Å². The molecular weight excluding hydrogens is 372 g/mol. The number of hydrogen-bond acceptors (Lipinski definition) is 6. The molecule has 0 aliphatic rings. The number of rotatable bonds is 6. The first-order valence-corrected chi connectivity index (χ1v) is 8.90. The second-order valence-electron chi connectivity index (χ2n) is 6.61. The first kappa shape index (κ1) is 21.6. The molecule has 1 atom stereocenters. The van der Waals surface area contributed by atoms with Crippen LogP contribution in [0.5, 0.6) is 0 Å². The molecule has 0 saturated heterocycles. The van der Waals surface area contributed by atoms with Crippen LogP contribution in [0.3, 0.4) is 0 Å². The van der Waals surface area contributed by atoms with E-state index in [9.17, 15) is 19.6 Å². The molecule has 0 saturated carbocycles. The first-order valence-electron chi connectivity index (χ1n) is 8.90. The summed E-state index contributed by atoms with van der Waals surface area (Å²) in [5.41, 5.74) is 2.82. The number of nitrogens with zero attached hydrogens (tertiary/aromatic N) is 1. The Balaban J connectivity index is 2.20. The van der Waals surface area contributed by atoms with Gasteiger partial charge in [0.05, 0.1) is 18.4 Å². The van der Waals surface area contributed by atoms with Crippen molar-refractivity contribution in [3.63, 3.8) is 0 Å². The number of Topliss-reactive ketones (excluding diaryl/α,β-unsaturated/α-hetero) is 1. The summed E-state index contributed by atoms with van der Waals surface area (Å²) < 4.78 is 9.92.